The predicted octanol–water partition coefficient (Wildman–Crippen LogP) is 2.71. The average molecular weight is 309 g/mol. The van der Waals surface area contributed by atoms with E-state index < -0.39 is 0 Å². The van der Waals surface area contributed by atoms with Gasteiger partial charge in [0.05, 0.1) is 4.99 Å². The third-order valence-electron chi connectivity index (χ3n) is 5.55. The van der Waals surface area contributed by atoms with E-state index in [2.05, 4.69) is 10.6 Å². The second-order valence-electron chi connectivity index (χ2n) is 7.50. The first-order valence-corrected chi connectivity index (χ1v) is 8.80. The number of thiocarbonyl (C=S) groups is 1. The van der Waals surface area contributed by atoms with Gasteiger partial charge in [0.15, 0.2) is 0 Å². The monoisotopic (exact) mass is 309 g/mol. The average Bonchev–Trinajstić information content (AvgIpc) is 2.35. The summed E-state index contributed by atoms with van der Waals surface area (Å²) in [7, 11) is 0. The van der Waals surface area contributed by atoms with Crippen molar-refractivity contribution in [3.05, 3.63) is 0 Å². The van der Waals surface area contributed by atoms with E-state index in [4.69, 9.17) is 18.0 Å². The Bertz CT molecular complexity index is 388. The molecular weight excluding hydrogens is 282 g/mol. The minimum atomic E-state index is 0.0206. The number of unbranched alkanes of at least 4 members (excludes halogenated alkanes) is 1. The van der Waals surface area contributed by atoms with E-state index in [9.17, 15) is 4.79 Å². The van der Waals surface area contributed by atoms with Gasteiger partial charge in [-0.2, -0.15) is 0 Å². The maximum absolute atomic E-state index is 12.2. The molecule has 4 nitrogen and oxygen atoms in total. The number of rotatable bonds is 6. The van der Waals surface area contributed by atoms with Crippen LogP contribution in [0.5, 0.6) is 0 Å². The minimum absolute atomic E-state index is 0.0206. The smallest absolute Gasteiger partial charge is 0.315 e. The summed E-state index contributed by atoms with van der Waals surface area (Å²) in [5, 5.41) is 6.32. The van der Waals surface area contributed by atoms with Gasteiger partial charge in [0, 0.05) is 12.1 Å². The van der Waals surface area contributed by atoms with Crippen molar-refractivity contribution in [1.29, 1.82) is 0 Å². The van der Waals surface area contributed by atoms with Crippen LogP contribution >= 0.6 is 12.2 Å². The molecule has 5 heteroatoms. The molecule has 21 heavy (non-hydrogen) atoms. The Morgan fingerprint density at radius 2 is 1.67 bits per heavy atom. The molecule has 4 rings (SSSR count). The molecule has 118 valence electrons. The van der Waals surface area contributed by atoms with Gasteiger partial charge in [-0.3, -0.25) is 0 Å². The van der Waals surface area contributed by atoms with Crippen LogP contribution in [0.3, 0.4) is 0 Å². The van der Waals surface area contributed by atoms with E-state index in [-0.39, 0.29) is 11.6 Å². The summed E-state index contributed by atoms with van der Waals surface area (Å²) in [5.41, 5.74) is 5.57. The lowest BCUT2D eigenvalue weighted by molar-refractivity contribution is -0.0135. The Balaban J connectivity index is 1.41. The molecule has 0 aromatic rings. The Labute approximate surface area is 132 Å². The van der Waals surface area contributed by atoms with E-state index in [1.165, 1.54) is 38.5 Å². The van der Waals surface area contributed by atoms with Crippen molar-refractivity contribution in [2.75, 3.05) is 6.54 Å². The molecule has 4 saturated carbocycles. The highest BCUT2D eigenvalue weighted by molar-refractivity contribution is 7.80. The van der Waals surface area contributed by atoms with Crippen molar-refractivity contribution in [1.82, 2.24) is 10.6 Å². The zero-order valence-electron chi connectivity index (χ0n) is 12.7. The molecule has 4 N–H and O–H groups in total. The SMILES string of the molecule is NC(=S)CCCCNC(=O)NC12CC3CC(CC(C3)C1)C2. The molecule has 0 radical (unpaired) electrons. The molecule has 2 amide bonds. The number of amides is 2. The molecule has 0 aromatic heterocycles. The first-order chi connectivity index (χ1) is 10.0. The molecule has 0 atom stereocenters. The second-order valence-corrected chi connectivity index (χ2v) is 8.03. The highest BCUT2D eigenvalue weighted by Gasteiger charge is 2.51. The number of hydrogen-bond donors (Lipinski definition) is 3. The van der Waals surface area contributed by atoms with Crippen LogP contribution in [0.2, 0.25) is 0 Å². The zero-order valence-corrected chi connectivity index (χ0v) is 13.5. The van der Waals surface area contributed by atoms with Crippen molar-refractivity contribution in [3.8, 4) is 0 Å². The van der Waals surface area contributed by atoms with Crippen LogP contribution < -0.4 is 16.4 Å². The normalized spacial score (nSPS) is 36.5. The zero-order chi connectivity index (χ0) is 14.9. The largest absolute Gasteiger partial charge is 0.393 e. The second kappa shape index (κ2) is 6.11. The highest BCUT2D eigenvalue weighted by atomic mass is 32.1. The van der Waals surface area contributed by atoms with Gasteiger partial charge in [0.1, 0.15) is 0 Å². The number of urea groups is 1. The standard InChI is InChI=1S/C16H27N3OS/c17-14(21)3-1-2-4-18-15(20)19-16-8-11-5-12(9-16)7-13(6-11)10-16/h11-13H,1-10H2,(H2,17,21)(H2,18,19,20). The van der Waals surface area contributed by atoms with Gasteiger partial charge in [-0.15, -0.1) is 0 Å². The number of nitrogens with two attached hydrogens (primary N) is 1. The molecule has 0 saturated heterocycles. The third kappa shape index (κ3) is 3.68. The van der Waals surface area contributed by atoms with E-state index in [1.807, 2.05) is 0 Å². The van der Waals surface area contributed by atoms with Gasteiger partial charge in [-0.05, 0) is 75.5 Å². The van der Waals surface area contributed by atoms with Crippen LogP contribution in [0.25, 0.3) is 0 Å². The van der Waals surface area contributed by atoms with Crippen LogP contribution in [0.4, 0.5) is 4.79 Å². The van der Waals surface area contributed by atoms with E-state index in [0.29, 0.717) is 11.5 Å². The molecule has 0 aromatic carbocycles. The quantitative estimate of drug-likeness (QED) is 0.522. The summed E-state index contributed by atoms with van der Waals surface area (Å²) >= 11 is 4.85. The topological polar surface area (TPSA) is 67.1 Å². The van der Waals surface area contributed by atoms with Crippen molar-refractivity contribution < 1.29 is 4.79 Å². The summed E-state index contributed by atoms with van der Waals surface area (Å²) in [5.74, 6) is 2.59. The predicted molar refractivity (Wildman–Crippen MR) is 88.1 cm³/mol. The summed E-state index contributed by atoms with van der Waals surface area (Å²) in [6.45, 7) is 0.709. The van der Waals surface area contributed by atoms with Crippen LogP contribution in [0.15, 0.2) is 0 Å². The van der Waals surface area contributed by atoms with Gasteiger partial charge in [-0.1, -0.05) is 12.2 Å². The highest BCUT2D eigenvalue weighted by Crippen LogP contribution is 2.55. The van der Waals surface area contributed by atoms with Gasteiger partial charge in [-0.25, -0.2) is 4.79 Å². The third-order valence-corrected chi connectivity index (χ3v) is 5.76. The molecule has 4 aliphatic rings. The summed E-state index contributed by atoms with van der Waals surface area (Å²) in [6, 6.07) is 0.0206. The first-order valence-electron chi connectivity index (χ1n) is 8.39. The Hall–Kier alpha value is -0.840. The van der Waals surface area contributed by atoms with Crippen molar-refractivity contribution >= 4 is 23.2 Å². The minimum Gasteiger partial charge on any atom is -0.393 e. The molecule has 4 aliphatic carbocycles. The van der Waals surface area contributed by atoms with E-state index in [1.54, 1.807) is 0 Å². The molecule has 0 spiro atoms. The number of nitrogens with one attached hydrogen (secondary N) is 2. The summed E-state index contributed by atoms with van der Waals surface area (Å²) in [4.78, 5) is 12.7. The fourth-order valence-corrected chi connectivity index (χ4v) is 5.32. The summed E-state index contributed by atoms with van der Waals surface area (Å²) < 4.78 is 0. The van der Waals surface area contributed by atoms with E-state index in [0.717, 1.165) is 37.0 Å². The van der Waals surface area contributed by atoms with Gasteiger partial charge in [0.2, 0.25) is 0 Å². The van der Waals surface area contributed by atoms with Gasteiger partial charge < -0.3 is 16.4 Å². The Kier molecular flexibility index (Phi) is 4.38. The lowest BCUT2D eigenvalue weighted by Crippen LogP contribution is -2.61. The van der Waals surface area contributed by atoms with Crippen molar-refractivity contribution in [2.24, 2.45) is 23.5 Å². The van der Waals surface area contributed by atoms with Gasteiger partial charge in [0.25, 0.3) is 0 Å². The Morgan fingerprint density at radius 1 is 1.10 bits per heavy atom. The molecule has 0 heterocycles. The lowest BCUT2D eigenvalue weighted by Gasteiger charge is -2.56. The molecule has 0 aliphatic heterocycles. The maximum atomic E-state index is 12.2. The number of carbonyl (C=O) groups is 1. The lowest BCUT2D eigenvalue weighted by atomic mass is 9.53. The number of carbonyl (C=O) groups excluding carboxylic acids is 1. The number of hydrogen-bond acceptors (Lipinski definition) is 2. The van der Waals surface area contributed by atoms with Crippen LogP contribution in [0, 0.1) is 17.8 Å². The molecule has 0 unspecified atom stereocenters. The summed E-state index contributed by atoms with van der Waals surface area (Å²) in [6.07, 6.45) is 10.5. The molecule has 4 bridgehead atoms. The van der Waals surface area contributed by atoms with Crippen molar-refractivity contribution in [2.45, 2.75) is 63.3 Å². The fourth-order valence-electron chi connectivity index (χ4n) is 5.17. The fraction of sp³-hybridized carbons (Fsp3) is 0.875. The van der Waals surface area contributed by atoms with Gasteiger partial charge >= 0.3 is 6.03 Å². The van der Waals surface area contributed by atoms with E-state index >= 15 is 0 Å². The van der Waals surface area contributed by atoms with Crippen LogP contribution in [-0.2, 0) is 0 Å². The first kappa shape index (κ1) is 15.1. The molecule has 4 fully saturated rings. The molecular formula is C16H27N3OS. The Morgan fingerprint density at radius 3 is 2.19 bits per heavy atom. The van der Waals surface area contributed by atoms with Crippen LogP contribution in [-0.4, -0.2) is 23.1 Å². The van der Waals surface area contributed by atoms with Crippen molar-refractivity contribution in [3.63, 3.8) is 0 Å². The maximum Gasteiger partial charge on any atom is 0.315 e. The van der Waals surface area contributed by atoms with Crippen LogP contribution in [0.1, 0.15) is 57.8 Å².